The number of benzene rings is 2. The van der Waals surface area contributed by atoms with Crippen LogP contribution in [0.2, 0.25) is 10.0 Å². The van der Waals surface area contributed by atoms with Gasteiger partial charge in [-0.3, -0.25) is 4.79 Å². The molecular weight excluding hydrogens is 455 g/mol. The van der Waals surface area contributed by atoms with Gasteiger partial charge in [0, 0.05) is 48.9 Å². The van der Waals surface area contributed by atoms with E-state index in [1.807, 2.05) is 48.7 Å². The average Bonchev–Trinajstić information content (AvgIpc) is 3.12. The van der Waals surface area contributed by atoms with Crippen LogP contribution in [-0.2, 0) is 4.79 Å². The molecule has 5 nitrogen and oxygen atoms in total. The first-order valence-corrected chi connectivity index (χ1v) is 11.5. The summed E-state index contributed by atoms with van der Waals surface area (Å²) in [7, 11) is 0. The van der Waals surface area contributed by atoms with E-state index in [2.05, 4.69) is 23.1 Å². The number of aryl methyl sites for hydroxylation is 1. The molecule has 1 saturated heterocycles. The fourth-order valence-corrected chi connectivity index (χ4v) is 4.52. The number of piperazine rings is 1. The highest BCUT2D eigenvalue weighted by molar-refractivity contribution is 6.42. The molecule has 0 saturated carbocycles. The van der Waals surface area contributed by atoms with E-state index in [1.54, 1.807) is 23.1 Å². The highest BCUT2D eigenvalue weighted by Gasteiger charge is 2.24. The molecule has 1 aromatic heterocycles. The van der Waals surface area contributed by atoms with E-state index in [0.717, 1.165) is 41.4 Å². The Bertz CT molecular complexity index is 1250. The summed E-state index contributed by atoms with van der Waals surface area (Å²) in [5.74, 6) is -0.232. The van der Waals surface area contributed by atoms with Gasteiger partial charge in [-0.1, -0.05) is 41.4 Å². The lowest BCUT2D eigenvalue weighted by Crippen LogP contribution is -2.49. The van der Waals surface area contributed by atoms with Crippen molar-refractivity contribution < 1.29 is 4.79 Å². The van der Waals surface area contributed by atoms with Crippen LogP contribution in [0.15, 0.2) is 60.2 Å². The Morgan fingerprint density at radius 2 is 1.64 bits per heavy atom. The molecule has 33 heavy (non-hydrogen) atoms. The molecule has 1 amide bonds. The number of halogens is 2. The Morgan fingerprint density at radius 3 is 2.27 bits per heavy atom. The van der Waals surface area contributed by atoms with E-state index in [-0.39, 0.29) is 11.5 Å². The standard InChI is InChI=1S/C26H24Cl2N4O/c1-18-14-20(19(2)32(18)23-8-9-24(27)25(28)16-23)15-21(17-29)26(33)31-12-10-30(11-13-31)22-6-4-3-5-7-22/h3-9,14-16H,10-13H2,1-2H3/b21-15+. The summed E-state index contributed by atoms with van der Waals surface area (Å²) in [5.41, 5.74) is 4.87. The van der Waals surface area contributed by atoms with Crippen molar-refractivity contribution in [3.8, 4) is 11.8 Å². The van der Waals surface area contributed by atoms with E-state index >= 15 is 0 Å². The number of aromatic nitrogens is 1. The maximum atomic E-state index is 13.1. The van der Waals surface area contributed by atoms with Gasteiger partial charge in [-0.25, -0.2) is 0 Å². The zero-order valence-electron chi connectivity index (χ0n) is 18.6. The van der Waals surface area contributed by atoms with Crippen LogP contribution < -0.4 is 4.90 Å². The van der Waals surface area contributed by atoms with Crippen LogP contribution in [0.4, 0.5) is 5.69 Å². The Labute approximate surface area is 204 Å². The molecule has 2 heterocycles. The van der Waals surface area contributed by atoms with Crippen LogP contribution in [0, 0.1) is 25.2 Å². The minimum atomic E-state index is -0.232. The van der Waals surface area contributed by atoms with E-state index in [0.29, 0.717) is 23.1 Å². The topological polar surface area (TPSA) is 52.3 Å². The fraction of sp³-hybridized carbons (Fsp3) is 0.231. The van der Waals surface area contributed by atoms with Crippen molar-refractivity contribution in [1.82, 2.24) is 9.47 Å². The van der Waals surface area contributed by atoms with Gasteiger partial charge in [0.2, 0.25) is 0 Å². The van der Waals surface area contributed by atoms with Crippen LogP contribution in [0.5, 0.6) is 0 Å². The zero-order valence-corrected chi connectivity index (χ0v) is 20.1. The van der Waals surface area contributed by atoms with Crippen LogP contribution in [-0.4, -0.2) is 41.6 Å². The number of carbonyl (C=O) groups excluding carboxylic acids is 1. The molecule has 1 aliphatic rings. The Balaban J connectivity index is 1.54. The van der Waals surface area contributed by atoms with Crippen LogP contribution in [0.1, 0.15) is 17.0 Å². The lowest BCUT2D eigenvalue weighted by Gasteiger charge is -2.36. The first-order valence-electron chi connectivity index (χ1n) is 10.7. The molecule has 1 fully saturated rings. The van der Waals surface area contributed by atoms with Crippen molar-refractivity contribution in [2.75, 3.05) is 31.1 Å². The molecule has 2 aromatic carbocycles. The second-order valence-electron chi connectivity index (χ2n) is 8.04. The Morgan fingerprint density at radius 1 is 0.939 bits per heavy atom. The van der Waals surface area contributed by atoms with Crippen molar-refractivity contribution in [3.05, 3.63) is 87.2 Å². The summed E-state index contributed by atoms with van der Waals surface area (Å²) in [6.45, 7) is 6.56. The number of carbonyl (C=O) groups is 1. The number of nitrogens with zero attached hydrogens (tertiary/aromatic N) is 4. The number of para-hydroxylation sites is 1. The van der Waals surface area contributed by atoms with Crippen molar-refractivity contribution in [3.63, 3.8) is 0 Å². The molecule has 0 aliphatic carbocycles. The van der Waals surface area contributed by atoms with E-state index in [1.165, 1.54) is 0 Å². The second-order valence-corrected chi connectivity index (χ2v) is 8.86. The molecule has 0 atom stereocenters. The van der Waals surface area contributed by atoms with E-state index in [4.69, 9.17) is 23.2 Å². The number of hydrogen-bond acceptors (Lipinski definition) is 3. The molecule has 0 bridgehead atoms. The maximum absolute atomic E-state index is 13.1. The summed E-state index contributed by atoms with van der Waals surface area (Å²) in [4.78, 5) is 17.1. The normalized spacial score (nSPS) is 14.3. The van der Waals surface area contributed by atoms with Crippen LogP contribution >= 0.6 is 23.2 Å². The third-order valence-corrected chi connectivity index (χ3v) is 6.71. The molecular formula is C26H24Cl2N4O. The predicted octanol–water partition coefficient (Wildman–Crippen LogP) is 5.66. The third kappa shape index (κ3) is 4.78. The Kier molecular flexibility index (Phi) is 6.78. The number of anilines is 1. The van der Waals surface area contributed by atoms with Gasteiger partial charge < -0.3 is 14.4 Å². The maximum Gasteiger partial charge on any atom is 0.264 e. The fourth-order valence-electron chi connectivity index (χ4n) is 4.23. The summed E-state index contributed by atoms with van der Waals surface area (Å²) < 4.78 is 2.03. The van der Waals surface area contributed by atoms with Gasteiger partial charge >= 0.3 is 0 Å². The number of hydrogen-bond donors (Lipinski definition) is 0. The lowest BCUT2D eigenvalue weighted by molar-refractivity contribution is -0.126. The van der Waals surface area contributed by atoms with Crippen molar-refractivity contribution in [2.24, 2.45) is 0 Å². The zero-order chi connectivity index (χ0) is 23.5. The number of amides is 1. The van der Waals surface area contributed by atoms with Crippen LogP contribution in [0.25, 0.3) is 11.8 Å². The minimum Gasteiger partial charge on any atom is -0.368 e. The molecule has 0 N–H and O–H groups in total. The quantitative estimate of drug-likeness (QED) is 0.359. The monoisotopic (exact) mass is 478 g/mol. The van der Waals surface area contributed by atoms with E-state index < -0.39 is 0 Å². The smallest absolute Gasteiger partial charge is 0.264 e. The van der Waals surface area contributed by atoms with Gasteiger partial charge in [-0.05, 0) is 61.9 Å². The van der Waals surface area contributed by atoms with Gasteiger partial charge in [0.1, 0.15) is 11.6 Å². The number of nitriles is 1. The molecule has 4 rings (SSSR count). The summed E-state index contributed by atoms with van der Waals surface area (Å²) in [6, 6.07) is 19.7. The number of rotatable bonds is 4. The highest BCUT2D eigenvalue weighted by atomic mass is 35.5. The third-order valence-electron chi connectivity index (χ3n) is 5.97. The molecule has 168 valence electrons. The van der Waals surface area contributed by atoms with E-state index in [9.17, 15) is 10.1 Å². The van der Waals surface area contributed by atoms with Crippen molar-refractivity contribution in [2.45, 2.75) is 13.8 Å². The average molecular weight is 479 g/mol. The molecule has 0 spiro atoms. The van der Waals surface area contributed by atoms with Gasteiger partial charge in [-0.2, -0.15) is 5.26 Å². The van der Waals surface area contributed by atoms with Gasteiger partial charge in [0.15, 0.2) is 0 Å². The molecule has 0 unspecified atom stereocenters. The first kappa shape index (κ1) is 23.0. The molecule has 3 aromatic rings. The van der Waals surface area contributed by atoms with Crippen molar-refractivity contribution >= 4 is 40.9 Å². The van der Waals surface area contributed by atoms with Crippen molar-refractivity contribution in [1.29, 1.82) is 5.26 Å². The molecule has 7 heteroatoms. The second kappa shape index (κ2) is 9.74. The van der Waals surface area contributed by atoms with Crippen LogP contribution in [0.3, 0.4) is 0 Å². The van der Waals surface area contributed by atoms with Gasteiger partial charge in [-0.15, -0.1) is 0 Å². The molecule has 0 radical (unpaired) electrons. The van der Waals surface area contributed by atoms with Gasteiger partial charge in [0.05, 0.1) is 10.0 Å². The largest absolute Gasteiger partial charge is 0.368 e. The Hall–Kier alpha value is -3.20. The predicted molar refractivity (Wildman–Crippen MR) is 134 cm³/mol. The summed E-state index contributed by atoms with van der Waals surface area (Å²) in [6.07, 6.45) is 1.68. The van der Waals surface area contributed by atoms with Gasteiger partial charge in [0.25, 0.3) is 5.91 Å². The molecule has 1 aliphatic heterocycles. The minimum absolute atomic E-state index is 0.137. The first-order chi connectivity index (χ1) is 15.9. The highest BCUT2D eigenvalue weighted by Crippen LogP contribution is 2.28. The summed E-state index contributed by atoms with van der Waals surface area (Å²) >= 11 is 12.3. The lowest BCUT2D eigenvalue weighted by atomic mass is 10.1. The SMILES string of the molecule is Cc1cc(/C=C(\C#N)C(=O)N2CCN(c3ccccc3)CC2)c(C)n1-c1ccc(Cl)c(Cl)c1. The summed E-state index contributed by atoms with van der Waals surface area (Å²) in [5, 5.41) is 10.7.